The number of aliphatic carboxylic acids is 1. The molecular weight excluding hydrogens is 417 g/mol. The SMILES string of the molecule is CO/N=C(/C(=O)O)c1ccccc1COc1cc(Cl)c(OC2CCCC2)c(Cl)c1. The lowest BCUT2D eigenvalue weighted by molar-refractivity contribution is -0.129. The van der Waals surface area contributed by atoms with Crippen LogP contribution in [-0.4, -0.2) is 30.0 Å². The average Bonchev–Trinajstić information content (AvgIpc) is 3.21. The molecule has 0 heterocycles. The van der Waals surface area contributed by atoms with E-state index in [0.717, 1.165) is 25.7 Å². The first-order valence-corrected chi connectivity index (χ1v) is 9.96. The number of hydrogen-bond acceptors (Lipinski definition) is 5. The zero-order valence-corrected chi connectivity index (χ0v) is 17.4. The maximum atomic E-state index is 11.5. The number of carbonyl (C=O) groups is 1. The van der Waals surface area contributed by atoms with Crippen molar-refractivity contribution in [3.05, 3.63) is 57.6 Å². The summed E-state index contributed by atoms with van der Waals surface area (Å²) < 4.78 is 11.8. The normalized spacial score (nSPS) is 14.7. The Morgan fingerprint density at radius 1 is 1.17 bits per heavy atom. The number of oxime groups is 1. The van der Waals surface area contributed by atoms with Crippen LogP contribution in [0.4, 0.5) is 0 Å². The second-order valence-corrected chi connectivity index (χ2v) is 7.43. The third-order valence-electron chi connectivity index (χ3n) is 4.61. The Hall–Kier alpha value is -2.44. The number of carboxylic acid groups (broad SMARTS) is 1. The van der Waals surface area contributed by atoms with Crippen molar-refractivity contribution < 1.29 is 24.2 Å². The third-order valence-corrected chi connectivity index (χ3v) is 5.17. The Labute approximate surface area is 179 Å². The summed E-state index contributed by atoms with van der Waals surface area (Å²) in [6.45, 7) is 0.0989. The van der Waals surface area contributed by atoms with Crippen LogP contribution in [0.2, 0.25) is 10.0 Å². The monoisotopic (exact) mass is 437 g/mol. The first kappa shape index (κ1) is 21.3. The van der Waals surface area contributed by atoms with E-state index in [1.54, 1.807) is 36.4 Å². The third kappa shape index (κ3) is 5.34. The van der Waals surface area contributed by atoms with Crippen LogP contribution in [0.3, 0.4) is 0 Å². The smallest absolute Gasteiger partial charge is 0.358 e. The van der Waals surface area contributed by atoms with Crippen molar-refractivity contribution in [1.82, 2.24) is 0 Å². The van der Waals surface area contributed by atoms with Crippen molar-refractivity contribution in [2.45, 2.75) is 38.4 Å². The van der Waals surface area contributed by atoms with Crippen molar-refractivity contribution in [3.8, 4) is 11.5 Å². The number of ether oxygens (including phenoxy) is 2. The van der Waals surface area contributed by atoms with E-state index in [-0.39, 0.29) is 18.4 Å². The molecule has 8 heteroatoms. The van der Waals surface area contributed by atoms with Crippen molar-refractivity contribution in [2.24, 2.45) is 5.16 Å². The Morgan fingerprint density at radius 2 is 1.83 bits per heavy atom. The highest BCUT2D eigenvalue weighted by Crippen LogP contribution is 2.39. The molecule has 0 unspecified atom stereocenters. The lowest BCUT2D eigenvalue weighted by atomic mass is 10.0. The Balaban J connectivity index is 1.77. The highest BCUT2D eigenvalue weighted by molar-refractivity contribution is 6.42. The maximum absolute atomic E-state index is 11.5. The minimum absolute atomic E-state index is 0.0989. The Kier molecular flexibility index (Phi) is 7.23. The molecule has 3 rings (SSSR count). The molecule has 0 spiro atoms. The molecule has 29 heavy (non-hydrogen) atoms. The van der Waals surface area contributed by atoms with E-state index >= 15 is 0 Å². The van der Waals surface area contributed by atoms with Crippen LogP contribution < -0.4 is 9.47 Å². The molecule has 0 aliphatic heterocycles. The van der Waals surface area contributed by atoms with E-state index in [1.807, 2.05) is 0 Å². The molecule has 0 saturated heterocycles. The van der Waals surface area contributed by atoms with E-state index < -0.39 is 5.97 Å². The quantitative estimate of drug-likeness (QED) is 0.445. The molecule has 1 aliphatic carbocycles. The number of rotatable bonds is 8. The predicted molar refractivity (Wildman–Crippen MR) is 111 cm³/mol. The first-order valence-electron chi connectivity index (χ1n) is 9.20. The summed E-state index contributed by atoms with van der Waals surface area (Å²) in [5, 5.41) is 13.7. The van der Waals surface area contributed by atoms with Crippen LogP contribution in [0.25, 0.3) is 0 Å². The number of carboxylic acids is 1. The summed E-state index contributed by atoms with van der Waals surface area (Å²) in [7, 11) is 1.29. The molecule has 6 nitrogen and oxygen atoms in total. The van der Waals surface area contributed by atoms with Gasteiger partial charge in [0.25, 0.3) is 0 Å². The van der Waals surface area contributed by atoms with Gasteiger partial charge in [-0.05, 0) is 31.2 Å². The fourth-order valence-corrected chi connectivity index (χ4v) is 3.79. The molecule has 1 saturated carbocycles. The summed E-state index contributed by atoms with van der Waals surface area (Å²) in [5.74, 6) is -0.277. The van der Waals surface area contributed by atoms with Crippen LogP contribution in [0.5, 0.6) is 11.5 Å². The molecule has 2 aromatic rings. The fraction of sp³-hybridized carbons (Fsp3) is 0.333. The Bertz CT molecular complexity index is 887. The van der Waals surface area contributed by atoms with Gasteiger partial charge in [0.05, 0.1) is 16.1 Å². The molecular formula is C21H21Cl2NO5. The van der Waals surface area contributed by atoms with Crippen molar-refractivity contribution in [2.75, 3.05) is 7.11 Å². The molecule has 0 atom stereocenters. The van der Waals surface area contributed by atoms with Gasteiger partial charge in [-0.3, -0.25) is 0 Å². The Morgan fingerprint density at radius 3 is 2.45 bits per heavy atom. The molecule has 2 aromatic carbocycles. The van der Waals surface area contributed by atoms with Crippen LogP contribution >= 0.6 is 23.2 Å². The van der Waals surface area contributed by atoms with Gasteiger partial charge in [0.2, 0.25) is 0 Å². The summed E-state index contributed by atoms with van der Waals surface area (Å²) in [4.78, 5) is 16.1. The van der Waals surface area contributed by atoms with E-state index in [9.17, 15) is 9.90 Å². The summed E-state index contributed by atoms with van der Waals surface area (Å²) in [5.41, 5.74) is 0.826. The predicted octanol–water partition coefficient (Wildman–Crippen LogP) is 5.33. The number of halogens is 2. The summed E-state index contributed by atoms with van der Waals surface area (Å²) in [6, 6.07) is 10.2. The van der Waals surface area contributed by atoms with Crippen molar-refractivity contribution in [3.63, 3.8) is 0 Å². The van der Waals surface area contributed by atoms with Gasteiger partial charge < -0.3 is 19.4 Å². The average molecular weight is 438 g/mol. The van der Waals surface area contributed by atoms with Gasteiger partial charge in [-0.2, -0.15) is 0 Å². The molecule has 0 amide bonds. The largest absolute Gasteiger partial charge is 0.489 e. The molecule has 1 N–H and O–H groups in total. The first-order chi connectivity index (χ1) is 14.0. The van der Waals surface area contributed by atoms with Crippen LogP contribution in [0.15, 0.2) is 41.6 Å². The van der Waals surface area contributed by atoms with Crippen molar-refractivity contribution in [1.29, 1.82) is 0 Å². The number of hydrogen-bond donors (Lipinski definition) is 1. The highest BCUT2D eigenvalue weighted by atomic mass is 35.5. The van der Waals surface area contributed by atoms with Gasteiger partial charge in [-0.15, -0.1) is 0 Å². The van der Waals surface area contributed by atoms with Crippen LogP contribution in [0.1, 0.15) is 36.8 Å². The van der Waals surface area contributed by atoms with Crippen LogP contribution in [0, 0.1) is 0 Å². The lowest BCUT2D eigenvalue weighted by Crippen LogP contribution is -2.17. The molecule has 154 valence electrons. The molecule has 0 aromatic heterocycles. The molecule has 1 aliphatic rings. The molecule has 0 bridgehead atoms. The van der Waals surface area contributed by atoms with Gasteiger partial charge in [-0.25, -0.2) is 4.79 Å². The minimum atomic E-state index is -1.20. The van der Waals surface area contributed by atoms with Gasteiger partial charge in [0.15, 0.2) is 11.5 Å². The van der Waals surface area contributed by atoms with E-state index in [2.05, 4.69) is 9.99 Å². The van der Waals surface area contributed by atoms with Crippen molar-refractivity contribution >= 4 is 34.9 Å². The lowest BCUT2D eigenvalue weighted by Gasteiger charge is -2.17. The zero-order chi connectivity index (χ0) is 20.8. The second kappa shape index (κ2) is 9.85. The van der Waals surface area contributed by atoms with E-state index in [0.29, 0.717) is 32.7 Å². The van der Waals surface area contributed by atoms with Gasteiger partial charge >= 0.3 is 5.97 Å². The van der Waals surface area contributed by atoms with Gasteiger partial charge in [-0.1, -0.05) is 52.6 Å². The maximum Gasteiger partial charge on any atom is 0.358 e. The van der Waals surface area contributed by atoms with E-state index in [1.165, 1.54) is 7.11 Å². The van der Waals surface area contributed by atoms with Crippen LogP contribution in [-0.2, 0) is 16.2 Å². The summed E-state index contributed by atoms with van der Waals surface area (Å²) >= 11 is 12.7. The highest BCUT2D eigenvalue weighted by Gasteiger charge is 2.21. The molecule has 1 fully saturated rings. The zero-order valence-electron chi connectivity index (χ0n) is 15.9. The second-order valence-electron chi connectivity index (χ2n) is 6.61. The topological polar surface area (TPSA) is 77.4 Å². The van der Waals surface area contributed by atoms with E-state index in [4.69, 9.17) is 32.7 Å². The van der Waals surface area contributed by atoms with Gasteiger partial charge in [0.1, 0.15) is 19.5 Å². The number of benzene rings is 2. The molecule has 0 radical (unpaired) electrons. The minimum Gasteiger partial charge on any atom is -0.489 e. The summed E-state index contributed by atoms with van der Waals surface area (Å²) in [6.07, 6.45) is 4.42. The fourth-order valence-electron chi connectivity index (χ4n) is 3.24. The van der Waals surface area contributed by atoms with Gasteiger partial charge in [0, 0.05) is 17.7 Å². The standard InChI is InChI=1S/C21H21Cl2NO5/c1-27-24-19(21(25)26)16-9-5-2-6-13(16)12-28-15-10-17(22)20(18(23)11-15)29-14-7-3-4-8-14/h2,5-6,9-11,14H,3-4,7-8,12H2,1H3,(H,25,26)/b24-19+. The number of nitrogens with zero attached hydrogens (tertiary/aromatic N) is 1.